The Bertz CT molecular complexity index is 322. The highest BCUT2D eigenvalue weighted by Crippen LogP contribution is 2.28. The van der Waals surface area contributed by atoms with Crippen molar-refractivity contribution >= 4 is 23.2 Å². The summed E-state index contributed by atoms with van der Waals surface area (Å²) in [6, 6.07) is 2.55. The van der Waals surface area contributed by atoms with Gasteiger partial charge in [-0.2, -0.15) is 0 Å². The standard InChI is InChI=1S/C8H8Cl2F2N2/c1-8(13,7(11)12)4-2-5(9)14-6(10)3-4/h2-3,7H,13H2,1H3. The molecule has 1 aromatic heterocycles. The van der Waals surface area contributed by atoms with E-state index < -0.39 is 12.0 Å². The molecule has 0 radical (unpaired) electrons. The Morgan fingerprint density at radius 2 is 1.79 bits per heavy atom. The van der Waals surface area contributed by atoms with Gasteiger partial charge >= 0.3 is 0 Å². The molecule has 0 bridgehead atoms. The molecular formula is C8H8Cl2F2N2. The van der Waals surface area contributed by atoms with E-state index in [0.717, 1.165) is 0 Å². The van der Waals surface area contributed by atoms with Gasteiger partial charge < -0.3 is 5.73 Å². The molecule has 1 unspecified atom stereocenters. The van der Waals surface area contributed by atoms with Gasteiger partial charge in [-0.3, -0.25) is 0 Å². The average Bonchev–Trinajstić information content (AvgIpc) is 2.01. The Labute approximate surface area is 90.0 Å². The SMILES string of the molecule is CC(N)(c1cc(Cl)nc(Cl)c1)C(F)F. The second kappa shape index (κ2) is 3.96. The fourth-order valence-electron chi connectivity index (χ4n) is 0.902. The highest BCUT2D eigenvalue weighted by atomic mass is 35.5. The second-order valence-electron chi connectivity index (χ2n) is 3.08. The van der Waals surface area contributed by atoms with E-state index in [4.69, 9.17) is 28.9 Å². The molecule has 0 amide bonds. The summed E-state index contributed by atoms with van der Waals surface area (Å²) in [5.74, 6) is 0. The quantitative estimate of drug-likeness (QED) is 0.808. The van der Waals surface area contributed by atoms with Gasteiger partial charge in [-0.05, 0) is 24.6 Å². The molecule has 0 saturated carbocycles. The topological polar surface area (TPSA) is 38.9 Å². The smallest absolute Gasteiger partial charge is 0.260 e. The summed E-state index contributed by atoms with van der Waals surface area (Å²) in [5.41, 5.74) is 3.82. The molecule has 0 aliphatic carbocycles. The zero-order valence-electron chi connectivity index (χ0n) is 7.27. The molecule has 78 valence electrons. The average molecular weight is 241 g/mol. The minimum atomic E-state index is -2.70. The summed E-state index contributed by atoms with van der Waals surface area (Å²) >= 11 is 11.1. The molecule has 0 aliphatic rings. The van der Waals surface area contributed by atoms with Gasteiger partial charge in [0.05, 0.1) is 5.54 Å². The molecule has 1 aromatic rings. The van der Waals surface area contributed by atoms with Crippen molar-refractivity contribution in [2.45, 2.75) is 18.9 Å². The van der Waals surface area contributed by atoms with Crippen LogP contribution in [-0.2, 0) is 5.54 Å². The highest BCUT2D eigenvalue weighted by molar-refractivity contribution is 6.32. The van der Waals surface area contributed by atoms with Crippen LogP contribution in [-0.4, -0.2) is 11.4 Å². The third-order valence-electron chi connectivity index (χ3n) is 1.84. The fourth-order valence-corrected chi connectivity index (χ4v) is 1.36. The van der Waals surface area contributed by atoms with Crippen LogP contribution in [0.5, 0.6) is 0 Å². The van der Waals surface area contributed by atoms with Gasteiger partial charge in [0.1, 0.15) is 10.3 Å². The lowest BCUT2D eigenvalue weighted by Crippen LogP contribution is -2.40. The van der Waals surface area contributed by atoms with Crippen LogP contribution in [0.25, 0.3) is 0 Å². The van der Waals surface area contributed by atoms with Gasteiger partial charge in [0.15, 0.2) is 0 Å². The number of aromatic nitrogens is 1. The third kappa shape index (κ3) is 2.32. The first-order chi connectivity index (χ1) is 6.34. The maximum absolute atomic E-state index is 12.5. The molecule has 1 atom stereocenters. The van der Waals surface area contributed by atoms with Crippen molar-refractivity contribution in [1.82, 2.24) is 4.98 Å². The minimum absolute atomic E-state index is 0.0461. The van der Waals surface area contributed by atoms with Gasteiger partial charge in [-0.1, -0.05) is 23.2 Å². The lowest BCUT2D eigenvalue weighted by molar-refractivity contribution is 0.0625. The summed E-state index contributed by atoms with van der Waals surface area (Å²) in [7, 11) is 0. The van der Waals surface area contributed by atoms with E-state index in [1.165, 1.54) is 19.1 Å². The zero-order valence-corrected chi connectivity index (χ0v) is 8.78. The Hall–Kier alpha value is -0.450. The molecule has 1 rings (SSSR count). The summed E-state index contributed by atoms with van der Waals surface area (Å²) < 4.78 is 25.1. The monoisotopic (exact) mass is 240 g/mol. The van der Waals surface area contributed by atoms with Crippen molar-refractivity contribution in [1.29, 1.82) is 0 Å². The van der Waals surface area contributed by atoms with Crippen LogP contribution in [0, 0.1) is 0 Å². The van der Waals surface area contributed by atoms with Gasteiger partial charge in [-0.25, -0.2) is 13.8 Å². The van der Waals surface area contributed by atoms with Crippen LogP contribution >= 0.6 is 23.2 Å². The Balaban J connectivity index is 3.18. The molecule has 0 fully saturated rings. The van der Waals surface area contributed by atoms with Gasteiger partial charge in [0.25, 0.3) is 6.43 Å². The number of halogens is 4. The molecule has 2 N–H and O–H groups in total. The lowest BCUT2D eigenvalue weighted by Gasteiger charge is -2.24. The summed E-state index contributed by atoms with van der Waals surface area (Å²) in [6.45, 7) is 1.21. The minimum Gasteiger partial charge on any atom is -0.317 e. The van der Waals surface area contributed by atoms with Crippen molar-refractivity contribution < 1.29 is 8.78 Å². The fraction of sp³-hybridized carbons (Fsp3) is 0.375. The first kappa shape index (κ1) is 11.6. The predicted octanol–water partition coefficient (Wildman–Crippen LogP) is 2.83. The molecule has 0 aliphatic heterocycles. The summed E-state index contributed by atoms with van der Waals surface area (Å²) in [6.07, 6.45) is -2.70. The Kier molecular flexibility index (Phi) is 3.29. The predicted molar refractivity (Wildman–Crippen MR) is 51.8 cm³/mol. The van der Waals surface area contributed by atoms with E-state index in [2.05, 4.69) is 4.98 Å². The maximum Gasteiger partial charge on any atom is 0.260 e. The molecule has 6 heteroatoms. The molecule has 14 heavy (non-hydrogen) atoms. The van der Waals surface area contributed by atoms with Crippen molar-refractivity contribution in [3.8, 4) is 0 Å². The van der Waals surface area contributed by atoms with Crippen molar-refractivity contribution in [2.24, 2.45) is 5.73 Å². The normalized spacial score (nSPS) is 15.6. The van der Waals surface area contributed by atoms with Crippen LogP contribution in [0.1, 0.15) is 12.5 Å². The van der Waals surface area contributed by atoms with Gasteiger partial charge in [0, 0.05) is 0 Å². The summed E-state index contributed by atoms with van der Waals surface area (Å²) in [5, 5.41) is 0.0923. The number of pyridine rings is 1. The third-order valence-corrected chi connectivity index (χ3v) is 2.23. The number of alkyl halides is 2. The molecule has 2 nitrogen and oxygen atoms in total. The van der Waals surface area contributed by atoms with Crippen LogP contribution in [0.4, 0.5) is 8.78 Å². The maximum atomic E-state index is 12.5. The Morgan fingerprint density at radius 1 is 1.36 bits per heavy atom. The zero-order chi connectivity index (χ0) is 10.9. The second-order valence-corrected chi connectivity index (χ2v) is 3.86. The van der Waals surface area contributed by atoms with Crippen LogP contribution in [0.15, 0.2) is 12.1 Å². The molecule has 0 aromatic carbocycles. The van der Waals surface area contributed by atoms with Crippen LogP contribution in [0.2, 0.25) is 10.3 Å². The number of nitrogens with zero attached hydrogens (tertiary/aromatic N) is 1. The van der Waals surface area contributed by atoms with E-state index in [1.54, 1.807) is 0 Å². The van der Waals surface area contributed by atoms with E-state index >= 15 is 0 Å². The van der Waals surface area contributed by atoms with Crippen molar-refractivity contribution in [3.05, 3.63) is 28.0 Å². The van der Waals surface area contributed by atoms with Crippen molar-refractivity contribution in [3.63, 3.8) is 0 Å². The first-order valence-corrected chi connectivity index (χ1v) is 4.50. The number of hydrogen-bond acceptors (Lipinski definition) is 2. The molecule has 1 heterocycles. The number of hydrogen-bond donors (Lipinski definition) is 1. The van der Waals surface area contributed by atoms with Gasteiger partial charge in [-0.15, -0.1) is 0 Å². The van der Waals surface area contributed by atoms with Crippen LogP contribution < -0.4 is 5.73 Å². The first-order valence-electron chi connectivity index (χ1n) is 3.74. The lowest BCUT2D eigenvalue weighted by atomic mass is 9.95. The largest absolute Gasteiger partial charge is 0.317 e. The molecular weight excluding hydrogens is 233 g/mol. The molecule has 0 spiro atoms. The number of rotatable bonds is 2. The van der Waals surface area contributed by atoms with E-state index in [9.17, 15) is 8.78 Å². The molecule has 0 saturated heterocycles. The van der Waals surface area contributed by atoms with Crippen LogP contribution in [0.3, 0.4) is 0 Å². The van der Waals surface area contributed by atoms with E-state index in [0.29, 0.717) is 0 Å². The van der Waals surface area contributed by atoms with E-state index in [-0.39, 0.29) is 15.9 Å². The number of nitrogens with two attached hydrogens (primary N) is 1. The summed E-state index contributed by atoms with van der Waals surface area (Å²) in [4.78, 5) is 3.64. The Morgan fingerprint density at radius 3 is 2.14 bits per heavy atom. The highest BCUT2D eigenvalue weighted by Gasteiger charge is 2.32. The van der Waals surface area contributed by atoms with E-state index in [1.807, 2.05) is 0 Å². The van der Waals surface area contributed by atoms with Crippen molar-refractivity contribution in [2.75, 3.05) is 0 Å². The van der Waals surface area contributed by atoms with Gasteiger partial charge in [0.2, 0.25) is 0 Å².